The van der Waals surface area contributed by atoms with Crippen molar-refractivity contribution in [3.8, 4) is 17.0 Å². The van der Waals surface area contributed by atoms with E-state index in [0.717, 1.165) is 33.6 Å². The number of nitrogens with zero attached hydrogens (tertiary/aromatic N) is 1. The molecule has 4 aromatic rings. The number of methoxy groups -OCH3 is 1. The highest BCUT2D eigenvalue weighted by Gasteiger charge is 2.14. The number of hydrogen-bond donors (Lipinski definition) is 1. The summed E-state index contributed by atoms with van der Waals surface area (Å²) in [5, 5.41) is 3.85. The van der Waals surface area contributed by atoms with Gasteiger partial charge in [-0.2, -0.15) is 0 Å². The van der Waals surface area contributed by atoms with Gasteiger partial charge in [0.1, 0.15) is 5.75 Å². The quantitative estimate of drug-likeness (QED) is 0.431. The number of aromatic nitrogens is 1. The van der Waals surface area contributed by atoms with Crippen molar-refractivity contribution in [1.29, 1.82) is 0 Å². The Morgan fingerprint density at radius 1 is 0.933 bits per heavy atom. The number of rotatable bonds is 5. The van der Waals surface area contributed by atoms with Crippen LogP contribution in [0, 0.1) is 0 Å². The van der Waals surface area contributed by atoms with Crippen molar-refractivity contribution < 1.29 is 9.53 Å². The summed E-state index contributed by atoms with van der Waals surface area (Å²) in [5.41, 5.74) is 5.07. The molecule has 4 rings (SSSR count). The smallest absolute Gasteiger partial charge is 0.256 e. The molecule has 1 aromatic heterocycles. The molecule has 0 spiro atoms. The fourth-order valence-electron chi connectivity index (χ4n) is 3.42. The number of carbonyl (C=O) groups is 1. The van der Waals surface area contributed by atoms with Crippen molar-refractivity contribution in [2.24, 2.45) is 0 Å². The average molecular weight is 396 g/mol. The molecule has 0 aliphatic heterocycles. The second-order valence-electron chi connectivity index (χ2n) is 7.53. The molecule has 0 aliphatic rings. The van der Waals surface area contributed by atoms with Gasteiger partial charge in [-0.15, -0.1) is 0 Å². The van der Waals surface area contributed by atoms with Gasteiger partial charge in [-0.3, -0.25) is 4.79 Å². The lowest BCUT2D eigenvalue weighted by Crippen LogP contribution is -2.13. The molecule has 0 saturated heterocycles. The maximum absolute atomic E-state index is 13.2. The summed E-state index contributed by atoms with van der Waals surface area (Å²) >= 11 is 0. The number of carbonyl (C=O) groups excluding carboxylic acids is 1. The highest BCUT2D eigenvalue weighted by molar-refractivity contribution is 6.13. The molecule has 0 fully saturated rings. The van der Waals surface area contributed by atoms with Gasteiger partial charge in [-0.1, -0.05) is 44.2 Å². The Morgan fingerprint density at radius 2 is 1.63 bits per heavy atom. The third-order valence-corrected chi connectivity index (χ3v) is 5.18. The van der Waals surface area contributed by atoms with E-state index in [9.17, 15) is 4.79 Å². The number of pyridine rings is 1. The van der Waals surface area contributed by atoms with Gasteiger partial charge in [0.25, 0.3) is 5.91 Å². The van der Waals surface area contributed by atoms with Crippen LogP contribution in [0.25, 0.3) is 22.2 Å². The molecule has 0 radical (unpaired) electrons. The second kappa shape index (κ2) is 8.37. The minimum absolute atomic E-state index is 0.152. The van der Waals surface area contributed by atoms with Crippen LogP contribution in [0.2, 0.25) is 0 Å². The summed E-state index contributed by atoms with van der Waals surface area (Å²) < 4.78 is 5.24. The number of amides is 1. The van der Waals surface area contributed by atoms with Crippen molar-refractivity contribution in [3.63, 3.8) is 0 Å². The van der Waals surface area contributed by atoms with Gasteiger partial charge in [-0.25, -0.2) is 4.98 Å². The zero-order chi connectivity index (χ0) is 21.1. The van der Waals surface area contributed by atoms with Crippen LogP contribution in [0.4, 0.5) is 5.69 Å². The molecule has 4 nitrogen and oxygen atoms in total. The van der Waals surface area contributed by atoms with E-state index in [2.05, 4.69) is 19.2 Å². The van der Waals surface area contributed by atoms with Gasteiger partial charge in [-0.05, 0) is 60.0 Å². The lowest BCUT2D eigenvalue weighted by molar-refractivity contribution is 0.102. The van der Waals surface area contributed by atoms with E-state index in [1.165, 1.54) is 5.56 Å². The number of nitrogens with one attached hydrogen (secondary N) is 1. The average Bonchev–Trinajstić information content (AvgIpc) is 2.78. The van der Waals surface area contributed by atoms with E-state index in [1.54, 1.807) is 7.11 Å². The van der Waals surface area contributed by atoms with E-state index in [-0.39, 0.29) is 5.91 Å². The Kier molecular flexibility index (Phi) is 5.48. The summed E-state index contributed by atoms with van der Waals surface area (Å²) in [4.78, 5) is 17.9. The molecule has 0 bridgehead atoms. The standard InChI is InChI=1S/C26H24N2O2/c1-17(2)18-8-12-20(13-9-18)27-26(29)23-16-25(19-10-14-21(30-3)15-11-19)28-24-7-5-4-6-22(23)24/h4-17H,1-3H3,(H,27,29). The number of benzene rings is 3. The molecule has 1 amide bonds. The first-order valence-electron chi connectivity index (χ1n) is 10.0. The van der Waals surface area contributed by atoms with Gasteiger partial charge < -0.3 is 10.1 Å². The van der Waals surface area contributed by atoms with Crippen LogP contribution in [0.15, 0.2) is 78.9 Å². The summed E-state index contributed by atoms with van der Waals surface area (Å²) in [6.45, 7) is 4.30. The van der Waals surface area contributed by atoms with E-state index in [1.807, 2.05) is 78.9 Å². The molecule has 0 unspecified atom stereocenters. The number of hydrogen-bond acceptors (Lipinski definition) is 3. The SMILES string of the molecule is COc1ccc(-c2cc(C(=O)Nc3ccc(C(C)C)cc3)c3ccccc3n2)cc1. The minimum Gasteiger partial charge on any atom is -0.497 e. The molecular weight excluding hydrogens is 372 g/mol. The van der Waals surface area contributed by atoms with Crippen molar-refractivity contribution in [2.75, 3.05) is 12.4 Å². The van der Waals surface area contributed by atoms with E-state index < -0.39 is 0 Å². The van der Waals surface area contributed by atoms with Crippen molar-refractivity contribution in [1.82, 2.24) is 4.98 Å². The topological polar surface area (TPSA) is 51.2 Å². The summed E-state index contributed by atoms with van der Waals surface area (Å²) in [5.74, 6) is 1.08. The van der Waals surface area contributed by atoms with Gasteiger partial charge in [0.2, 0.25) is 0 Å². The number of fused-ring (bicyclic) bond motifs is 1. The predicted molar refractivity (Wildman–Crippen MR) is 122 cm³/mol. The third-order valence-electron chi connectivity index (χ3n) is 5.18. The van der Waals surface area contributed by atoms with Gasteiger partial charge in [0, 0.05) is 16.6 Å². The lowest BCUT2D eigenvalue weighted by atomic mass is 10.0. The van der Waals surface area contributed by atoms with Crippen LogP contribution in [0.3, 0.4) is 0 Å². The zero-order valence-corrected chi connectivity index (χ0v) is 17.3. The second-order valence-corrected chi connectivity index (χ2v) is 7.53. The van der Waals surface area contributed by atoms with E-state index >= 15 is 0 Å². The van der Waals surface area contributed by atoms with Crippen LogP contribution >= 0.6 is 0 Å². The Hall–Kier alpha value is -3.66. The first-order valence-corrected chi connectivity index (χ1v) is 10.0. The summed E-state index contributed by atoms with van der Waals surface area (Å²) in [6, 6.07) is 25.2. The molecule has 1 N–H and O–H groups in total. The summed E-state index contributed by atoms with van der Waals surface area (Å²) in [7, 11) is 1.64. The van der Waals surface area contributed by atoms with Crippen LogP contribution in [0.1, 0.15) is 35.7 Å². The van der Waals surface area contributed by atoms with Crippen molar-refractivity contribution in [3.05, 3.63) is 90.0 Å². The molecule has 30 heavy (non-hydrogen) atoms. The van der Waals surface area contributed by atoms with Gasteiger partial charge >= 0.3 is 0 Å². The Labute approximate surface area is 176 Å². The minimum atomic E-state index is -0.152. The molecule has 150 valence electrons. The Bertz CT molecular complexity index is 1180. The van der Waals surface area contributed by atoms with Crippen LogP contribution in [-0.4, -0.2) is 18.0 Å². The van der Waals surface area contributed by atoms with Gasteiger partial charge in [0.15, 0.2) is 0 Å². The van der Waals surface area contributed by atoms with Crippen LogP contribution in [0.5, 0.6) is 5.75 Å². The molecule has 0 atom stereocenters. The highest BCUT2D eigenvalue weighted by Crippen LogP contribution is 2.27. The van der Waals surface area contributed by atoms with Crippen molar-refractivity contribution >= 4 is 22.5 Å². The first kappa shape index (κ1) is 19.6. The third kappa shape index (κ3) is 4.03. The molecule has 3 aromatic carbocycles. The fraction of sp³-hybridized carbons (Fsp3) is 0.154. The van der Waals surface area contributed by atoms with Crippen LogP contribution < -0.4 is 10.1 Å². The number of para-hydroxylation sites is 1. The fourth-order valence-corrected chi connectivity index (χ4v) is 3.42. The Balaban J connectivity index is 1.72. The van der Waals surface area contributed by atoms with E-state index in [4.69, 9.17) is 9.72 Å². The zero-order valence-electron chi connectivity index (χ0n) is 17.3. The maximum atomic E-state index is 13.2. The van der Waals surface area contributed by atoms with Crippen LogP contribution in [-0.2, 0) is 0 Å². The van der Waals surface area contributed by atoms with Gasteiger partial charge in [0.05, 0.1) is 23.9 Å². The maximum Gasteiger partial charge on any atom is 0.256 e. The largest absolute Gasteiger partial charge is 0.497 e. The Morgan fingerprint density at radius 3 is 2.30 bits per heavy atom. The van der Waals surface area contributed by atoms with Crippen molar-refractivity contribution in [2.45, 2.75) is 19.8 Å². The normalized spacial score (nSPS) is 10.9. The molecule has 0 aliphatic carbocycles. The lowest BCUT2D eigenvalue weighted by Gasteiger charge is -2.12. The number of ether oxygens (including phenoxy) is 1. The number of anilines is 1. The highest BCUT2D eigenvalue weighted by atomic mass is 16.5. The molecule has 0 saturated carbocycles. The molecular formula is C26H24N2O2. The van der Waals surface area contributed by atoms with E-state index in [0.29, 0.717) is 11.5 Å². The molecule has 4 heteroatoms. The summed E-state index contributed by atoms with van der Waals surface area (Å²) in [6.07, 6.45) is 0. The first-order chi connectivity index (χ1) is 14.5. The predicted octanol–water partition coefficient (Wildman–Crippen LogP) is 6.29. The molecule has 1 heterocycles. The monoisotopic (exact) mass is 396 g/mol.